The molecule has 0 atom stereocenters. The summed E-state index contributed by atoms with van der Waals surface area (Å²) in [6, 6.07) is 30.5. The quantitative estimate of drug-likeness (QED) is 0.366. The minimum atomic E-state index is -0.250. The van der Waals surface area contributed by atoms with Crippen LogP contribution in [-0.4, -0.2) is 37.3 Å². The Morgan fingerprint density at radius 3 is 2.61 bits per heavy atom. The monoisotopic (exact) mass is 472 g/mol. The summed E-state index contributed by atoms with van der Waals surface area (Å²) >= 11 is 0. The van der Waals surface area contributed by atoms with Gasteiger partial charge in [-0.05, 0) is 47.9 Å². The lowest BCUT2D eigenvalue weighted by molar-refractivity contribution is -0.118. The first-order valence-corrected chi connectivity index (χ1v) is 11.4. The normalized spacial score (nSPS) is 11.0. The minimum Gasteiger partial charge on any atom is -0.483 e. The molecule has 3 aromatic heterocycles. The summed E-state index contributed by atoms with van der Waals surface area (Å²) in [4.78, 5) is 17.0. The summed E-state index contributed by atoms with van der Waals surface area (Å²) in [6.45, 7) is -0.101. The molecule has 0 saturated carbocycles. The molecule has 0 spiro atoms. The number of hydrogen-bond acceptors (Lipinski definition) is 6. The van der Waals surface area contributed by atoms with Crippen LogP contribution in [0.15, 0.2) is 103 Å². The SMILES string of the molecule is O=C(COc1cccc2ccccc12)Nc1cccc(-c2ccc3nnc(-c4ccccn4)n3n2)c1. The third-order valence-corrected chi connectivity index (χ3v) is 5.71. The molecular weight excluding hydrogens is 452 g/mol. The van der Waals surface area contributed by atoms with Gasteiger partial charge in [0.05, 0.1) is 5.69 Å². The van der Waals surface area contributed by atoms with Crippen LogP contribution in [0.4, 0.5) is 5.69 Å². The summed E-state index contributed by atoms with van der Waals surface area (Å²) < 4.78 is 7.48. The fraction of sp³-hybridized carbons (Fsp3) is 0.0357. The van der Waals surface area contributed by atoms with Gasteiger partial charge in [-0.25, -0.2) is 0 Å². The van der Waals surface area contributed by atoms with E-state index in [4.69, 9.17) is 9.84 Å². The number of carbonyl (C=O) groups excluding carboxylic acids is 1. The van der Waals surface area contributed by atoms with Crippen LogP contribution in [0.5, 0.6) is 5.75 Å². The zero-order valence-corrected chi connectivity index (χ0v) is 19.1. The first-order valence-electron chi connectivity index (χ1n) is 11.4. The predicted octanol–water partition coefficient (Wildman–Crippen LogP) is 5.02. The molecule has 8 nitrogen and oxygen atoms in total. The zero-order valence-electron chi connectivity index (χ0n) is 19.1. The zero-order chi connectivity index (χ0) is 24.3. The molecule has 0 unspecified atom stereocenters. The predicted molar refractivity (Wildman–Crippen MR) is 138 cm³/mol. The van der Waals surface area contributed by atoms with Crippen molar-refractivity contribution in [1.29, 1.82) is 0 Å². The Labute approximate surface area is 206 Å². The molecule has 0 bridgehead atoms. The maximum absolute atomic E-state index is 12.6. The van der Waals surface area contributed by atoms with Crippen molar-refractivity contribution < 1.29 is 9.53 Å². The lowest BCUT2D eigenvalue weighted by atomic mass is 10.1. The second-order valence-corrected chi connectivity index (χ2v) is 8.12. The fourth-order valence-corrected chi connectivity index (χ4v) is 4.02. The van der Waals surface area contributed by atoms with Crippen LogP contribution >= 0.6 is 0 Å². The van der Waals surface area contributed by atoms with Crippen molar-refractivity contribution in [2.75, 3.05) is 11.9 Å². The number of fused-ring (bicyclic) bond motifs is 2. The Kier molecular flexibility index (Phi) is 5.51. The molecule has 0 aliphatic rings. The highest BCUT2D eigenvalue weighted by Crippen LogP contribution is 2.26. The van der Waals surface area contributed by atoms with E-state index in [2.05, 4.69) is 20.5 Å². The van der Waals surface area contributed by atoms with E-state index in [0.717, 1.165) is 16.3 Å². The molecule has 1 amide bonds. The first kappa shape index (κ1) is 21.4. The molecule has 1 N–H and O–H groups in total. The summed E-state index contributed by atoms with van der Waals surface area (Å²) in [5.74, 6) is 0.981. The van der Waals surface area contributed by atoms with Gasteiger partial charge in [0, 0.05) is 22.8 Å². The van der Waals surface area contributed by atoms with E-state index < -0.39 is 0 Å². The van der Waals surface area contributed by atoms with Crippen LogP contribution in [-0.2, 0) is 4.79 Å². The van der Waals surface area contributed by atoms with Crippen molar-refractivity contribution >= 4 is 28.0 Å². The van der Waals surface area contributed by atoms with Gasteiger partial charge in [0.25, 0.3) is 5.91 Å². The average Bonchev–Trinajstić information content (AvgIpc) is 3.36. The Hall–Kier alpha value is -5.11. The van der Waals surface area contributed by atoms with Gasteiger partial charge in [-0.1, -0.05) is 54.6 Å². The molecule has 6 rings (SSSR count). The molecular formula is C28H20N6O2. The Balaban J connectivity index is 1.20. The van der Waals surface area contributed by atoms with Crippen LogP contribution in [0.3, 0.4) is 0 Å². The molecule has 6 aromatic rings. The van der Waals surface area contributed by atoms with E-state index in [1.165, 1.54) is 0 Å². The van der Waals surface area contributed by atoms with Crippen LogP contribution < -0.4 is 10.1 Å². The van der Waals surface area contributed by atoms with Gasteiger partial charge in [0.1, 0.15) is 11.4 Å². The van der Waals surface area contributed by atoms with E-state index in [1.807, 2.05) is 97.1 Å². The number of benzene rings is 3. The second kappa shape index (κ2) is 9.27. The van der Waals surface area contributed by atoms with Crippen LogP contribution in [0.1, 0.15) is 0 Å². The summed E-state index contributed by atoms with van der Waals surface area (Å²) in [5, 5.41) is 18.1. The summed E-state index contributed by atoms with van der Waals surface area (Å²) in [5.41, 5.74) is 3.50. The number of ether oxygens (including phenoxy) is 1. The van der Waals surface area contributed by atoms with Crippen molar-refractivity contribution in [2.45, 2.75) is 0 Å². The number of nitrogens with one attached hydrogen (secondary N) is 1. The lowest BCUT2D eigenvalue weighted by Crippen LogP contribution is -2.20. The number of carbonyl (C=O) groups is 1. The standard InChI is InChI=1S/C28H20N6O2/c35-27(18-36-25-13-6-8-19-7-1-2-11-22(19)25)30-21-10-5-9-20(17-21)23-14-15-26-31-32-28(34(26)33-23)24-12-3-4-16-29-24/h1-17H,18H2,(H,30,35). The molecule has 0 aliphatic heterocycles. The molecule has 3 heterocycles. The van der Waals surface area contributed by atoms with E-state index >= 15 is 0 Å². The van der Waals surface area contributed by atoms with Crippen LogP contribution in [0, 0.1) is 0 Å². The number of rotatable bonds is 6. The molecule has 0 saturated heterocycles. The van der Waals surface area contributed by atoms with Crippen molar-refractivity contribution in [2.24, 2.45) is 0 Å². The Bertz CT molecular complexity index is 1690. The number of nitrogens with zero attached hydrogens (tertiary/aromatic N) is 5. The van der Waals surface area contributed by atoms with Gasteiger partial charge < -0.3 is 10.1 Å². The summed E-state index contributed by atoms with van der Waals surface area (Å²) in [7, 11) is 0. The number of hydrogen-bond donors (Lipinski definition) is 1. The van der Waals surface area contributed by atoms with E-state index in [9.17, 15) is 4.79 Å². The number of aromatic nitrogens is 5. The maximum atomic E-state index is 12.6. The van der Waals surface area contributed by atoms with Crippen LogP contribution in [0.2, 0.25) is 0 Å². The molecule has 0 radical (unpaired) electrons. The second-order valence-electron chi connectivity index (χ2n) is 8.12. The average molecular weight is 473 g/mol. The van der Waals surface area contributed by atoms with Gasteiger partial charge in [-0.2, -0.15) is 9.61 Å². The van der Waals surface area contributed by atoms with Gasteiger partial charge in [-0.15, -0.1) is 10.2 Å². The van der Waals surface area contributed by atoms with Gasteiger partial charge in [-0.3, -0.25) is 9.78 Å². The van der Waals surface area contributed by atoms with Gasteiger partial charge >= 0.3 is 0 Å². The highest BCUT2D eigenvalue weighted by atomic mass is 16.5. The molecule has 36 heavy (non-hydrogen) atoms. The topological polar surface area (TPSA) is 94.3 Å². The van der Waals surface area contributed by atoms with Crippen molar-refractivity contribution in [1.82, 2.24) is 24.8 Å². The maximum Gasteiger partial charge on any atom is 0.262 e. The summed E-state index contributed by atoms with van der Waals surface area (Å²) in [6.07, 6.45) is 1.70. The van der Waals surface area contributed by atoms with Crippen molar-refractivity contribution in [3.8, 4) is 28.5 Å². The molecule has 174 valence electrons. The highest BCUT2D eigenvalue weighted by Gasteiger charge is 2.12. The largest absolute Gasteiger partial charge is 0.483 e. The van der Waals surface area contributed by atoms with E-state index in [1.54, 1.807) is 10.7 Å². The van der Waals surface area contributed by atoms with E-state index in [-0.39, 0.29) is 12.5 Å². The number of anilines is 1. The minimum absolute atomic E-state index is 0.101. The van der Waals surface area contributed by atoms with E-state index in [0.29, 0.717) is 34.3 Å². The Morgan fingerprint density at radius 1 is 0.833 bits per heavy atom. The van der Waals surface area contributed by atoms with Gasteiger partial charge in [0.2, 0.25) is 5.82 Å². The fourth-order valence-electron chi connectivity index (χ4n) is 4.02. The van der Waals surface area contributed by atoms with Crippen molar-refractivity contribution in [3.63, 3.8) is 0 Å². The van der Waals surface area contributed by atoms with Crippen molar-refractivity contribution in [3.05, 3.63) is 103 Å². The number of pyridine rings is 1. The highest BCUT2D eigenvalue weighted by molar-refractivity contribution is 5.93. The van der Waals surface area contributed by atoms with Gasteiger partial charge in [0.15, 0.2) is 12.3 Å². The van der Waals surface area contributed by atoms with Crippen LogP contribution in [0.25, 0.3) is 39.2 Å². The first-order chi connectivity index (χ1) is 17.7. The Morgan fingerprint density at radius 2 is 1.69 bits per heavy atom. The number of amides is 1. The molecule has 8 heteroatoms. The third-order valence-electron chi connectivity index (χ3n) is 5.71. The smallest absolute Gasteiger partial charge is 0.262 e. The molecule has 3 aromatic carbocycles. The third kappa shape index (κ3) is 4.23. The molecule has 0 fully saturated rings. The lowest BCUT2D eigenvalue weighted by Gasteiger charge is -2.11. The molecule has 0 aliphatic carbocycles.